The molecular weight excluding hydrogens is 268 g/mol. The van der Waals surface area contributed by atoms with Gasteiger partial charge in [0.1, 0.15) is 0 Å². The molecule has 1 amide bonds. The Bertz CT molecular complexity index is 886. The number of hydrogen-bond donors (Lipinski definition) is 2. The second kappa shape index (κ2) is 5.16. The van der Waals surface area contributed by atoms with E-state index in [0.717, 1.165) is 5.56 Å². The minimum atomic E-state index is -0.390. The third kappa shape index (κ3) is 2.38. The number of H-pyrrole nitrogens is 1. The number of carbonyl (C=O) groups is 1. The standard InChI is InChI=1S/C15H12N4O2/c1-9-6-7-16-8-12(9)17-15(21)13-10-4-2-3-5-11(10)14(20)19-18-13/h2-8H,1H3,(H,17,21)(H,19,20). The lowest BCUT2D eigenvalue weighted by Crippen LogP contribution is -2.19. The van der Waals surface area contributed by atoms with Crippen LogP contribution in [0.15, 0.2) is 47.5 Å². The molecule has 2 heterocycles. The molecule has 104 valence electrons. The molecule has 6 heteroatoms. The molecule has 0 fully saturated rings. The monoisotopic (exact) mass is 280 g/mol. The molecule has 6 nitrogen and oxygen atoms in total. The fourth-order valence-corrected chi connectivity index (χ4v) is 2.06. The molecule has 3 aromatic rings. The fourth-order valence-electron chi connectivity index (χ4n) is 2.06. The molecule has 0 radical (unpaired) electrons. The van der Waals surface area contributed by atoms with Crippen molar-refractivity contribution in [3.8, 4) is 0 Å². The van der Waals surface area contributed by atoms with Gasteiger partial charge in [0.25, 0.3) is 11.5 Å². The summed E-state index contributed by atoms with van der Waals surface area (Å²) in [5.41, 5.74) is 1.36. The van der Waals surface area contributed by atoms with Crippen LogP contribution in [0.4, 0.5) is 5.69 Å². The lowest BCUT2D eigenvalue weighted by Gasteiger charge is -2.08. The van der Waals surface area contributed by atoms with Crippen molar-refractivity contribution in [1.29, 1.82) is 0 Å². The van der Waals surface area contributed by atoms with Gasteiger partial charge in [-0.3, -0.25) is 14.6 Å². The smallest absolute Gasteiger partial charge is 0.276 e. The van der Waals surface area contributed by atoms with E-state index in [9.17, 15) is 9.59 Å². The van der Waals surface area contributed by atoms with Gasteiger partial charge in [-0.25, -0.2) is 5.10 Å². The number of fused-ring (bicyclic) bond motifs is 1. The van der Waals surface area contributed by atoms with Gasteiger partial charge in [-0.05, 0) is 24.6 Å². The first kappa shape index (κ1) is 13.0. The predicted octanol–water partition coefficient (Wildman–Crippen LogP) is 1.88. The molecule has 0 aliphatic rings. The lowest BCUT2D eigenvalue weighted by molar-refractivity contribution is 0.102. The third-order valence-electron chi connectivity index (χ3n) is 3.20. The van der Waals surface area contributed by atoms with Crippen molar-refractivity contribution in [3.05, 3.63) is 64.3 Å². The van der Waals surface area contributed by atoms with E-state index < -0.39 is 5.91 Å². The highest BCUT2D eigenvalue weighted by Crippen LogP contribution is 2.16. The van der Waals surface area contributed by atoms with E-state index in [1.54, 1.807) is 42.7 Å². The van der Waals surface area contributed by atoms with Gasteiger partial charge in [-0.2, -0.15) is 5.10 Å². The van der Waals surface area contributed by atoms with Crippen LogP contribution in [0.25, 0.3) is 10.8 Å². The Hall–Kier alpha value is -3.02. The van der Waals surface area contributed by atoms with E-state index in [4.69, 9.17) is 0 Å². The molecule has 0 aliphatic carbocycles. The van der Waals surface area contributed by atoms with Crippen molar-refractivity contribution in [1.82, 2.24) is 15.2 Å². The number of aryl methyl sites for hydroxylation is 1. The summed E-state index contributed by atoms with van der Waals surface area (Å²) in [6, 6.07) is 8.65. The maximum Gasteiger partial charge on any atom is 0.276 e. The highest BCUT2D eigenvalue weighted by Gasteiger charge is 2.14. The van der Waals surface area contributed by atoms with E-state index in [-0.39, 0.29) is 11.3 Å². The molecule has 2 aromatic heterocycles. The zero-order chi connectivity index (χ0) is 14.8. The van der Waals surface area contributed by atoms with Crippen molar-refractivity contribution >= 4 is 22.4 Å². The summed E-state index contributed by atoms with van der Waals surface area (Å²) < 4.78 is 0. The van der Waals surface area contributed by atoms with E-state index in [1.165, 1.54) is 0 Å². The van der Waals surface area contributed by atoms with Crippen LogP contribution in [0.2, 0.25) is 0 Å². The van der Waals surface area contributed by atoms with E-state index >= 15 is 0 Å². The van der Waals surface area contributed by atoms with Crippen LogP contribution in [0.3, 0.4) is 0 Å². The third-order valence-corrected chi connectivity index (χ3v) is 3.20. The Morgan fingerprint density at radius 2 is 1.95 bits per heavy atom. The molecule has 3 rings (SSSR count). The van der Waals surface area contributed by atoms with Crippen LogP contribution in [-0.4, -0.2) is 21.1 Å². The van der Waals surface area contributed by atoms with Crippen LogP contribution in [0.5, 0.6) is 0 Å². The molecule has 0 aliphatic heterocycles. The highest BCUT2D eigenvalue weighted by atomic mass is 16.2. The van der Waals surface area contributed by atoms with Crippen LogP contribution in [0, 0.1) is 6.92 Å². The minimum Gasteiger partial charge on any atom is -0.319 e. The summed E-state index contributed by atoms with van der Waals surface area (Å²) in [5, 5.41) is 9.90. The van der Waals surface area contributed by atoms with Crippen LogP contribution in [-0.2, 0) is 0 Å². The first-order valence-corrected chi connectivity index (χ1v) is 6.36. The van der Waals surface area contributed by atoms with Crippen LogP contribution < -0.4 is 10.9 Å². The molecule has 0 saturated heterocycles. The molecule has 0 saturated carbocycles. The molecule has 2 N–H and O–H groups in total. The van der Waals surface area contributed by atoms with Gasteiger partial charge in [0, 0.05) is 11.6 Å². The Labute approximate surface area is 119 Å². The average molecular weight is 280 g/mol. The molecule has 21 heavy (non-hydrogen) atoms. The maximum absolute atomic E-state index is 12.4. The van der Waals surface area contributed by atoms with Gasteiger partial charge in [-0.15, -0.1) is 0 Å². The first-order valence-electron chi connectivity index (χ1n) is 6.36. The average Bonchev–Trinajstić information content (AvgIpc) is 2.50. The number of anilines is 1. The number of pyridine rings is 1. The number of aromatic amines is 1. The number of carbonyl (C=O) groups excluding carboxylic acids is 1. The van der Waals surface area contributed by atoms with Gasteiger partial charge in [-0.1, -0.05) is 18.2 Å². The number of amides is 1. The lowest BCUT2D eigenvalue weighted by atomic mass is 10.1. The number of nitrogens with zero attached hydrogens (tertiary/aromatic N) is 2. The highest BCUT2D eigenvalue weighted by molar-refractivity contribution is 6.11. The largest absolute Gasteiger partial charge is 0.319 e. The summed E-state index contributed by atoms with van der Waals surface area (Å²) in [7, 11) is 0. The van der Waals surface area contributed by atoms with Crippen molar-refractivity contribution in [2.75, 3.05) is 5.32 Å². The van der Waals surface area contributed by atoms with Crippen molar-refractivity contribution < 1.29 is 4.79 Å². The molecular formula is C15H12N4O2. The first-order chi connectivity index (χ1) is 10.2. The molecule has 1 aromatic carbocycles. The van der Waals surface area contributed by atoms with Gasteiger partial charge < -0.3 is 5.32 Å². The summed E-state index contributed by atoms with van der Waals surface area (Å²) in [5.74, 6) is -0.390. The second-order valence-electron chi connectivity index (χ2n) is 4.59. The van der Waals surface area contributed by atoms with Gasteiger partial charge in [0.2, 0.25) is 0 Å². The number of rotatable bonds is 2. The normalized spacial score (nSPS) is 10.5. The van der Waals surface area contributed by atoms with Crippen LogP contribution >= 0.6 is 0 Å². The van der Waals surface area contributed by atoms with Crippen molar-refractivity contribution in [2.24, 2.45) is 0 Å². The summed E-state index contributed by atoms with van der Waals surface area (Å²) >= 11 is 0. The Balaban J connectivity index is 2.05. The maximum atomic E-state index is 12.4. The quantitative estimate of drug-likeness (QED) is 0.750. The van der Waals surface area contributed by atoms with Gasteiger partial charge in [0.05, 0.1) is 17.3 Å². The summed E-state index contributed by atoms with van der Waals surface area (Å²) in [6.45, 7) is 1.87. The predicted molar refractivity (Wildman–Crippen MR) is 79.3 cm³/mol. The Morgan fingerprint density at radius 3 is 2.71 bits per heavy atom. The molecule has 0 spiro atoms. The Kier molecular flexibility index (Phi) is 3.19. The second-order valence-corrected chi connectivity index (χ2v) is 4.59. The number of nitrogens with one attached hydrogen (secondary N) is 2. The molecule has 0 atom stereocenters. The summed E-state index contributed by atoms with van der Waals surface area (Å²) in [6.07, 6.45) is 3.22. The minimum absolute atomic E-state index is 0.174. The number of benzene rings is 1. The SMILES string of the molecule is Cc1ccncc1NC(=O)c1n[nH]c(=O)c2ccccc12. The van der Waals surface area contributed by atoms with Crippen molar-refractivity contribution in [3.63, 3.8) is 0 Å². The number of aromatic nitrogens is 3. The zero-order valence-electron chi connectivity index (χ0n) is 11.3. The molecule has 0 unspecified atom stereocenters. The number of hydrogen-bond acceptors (Lipinski definition) is 4. The van der Waals surface area contributed by atoms with Crippen LogP contribution in [0.1, 0.15) is 16.1 Å². The Morgan fingerprint density at radius 1 is 1.19 bits per heavy atom. The topological polar surface area (TPSA) is 87.7 Å². The van der Waals surface area contributed by atoms with E-state index in [0.29, 0.717) is 16.5 Å². The van der Waals surface area contributed by atoms with E-state index in [2.05, 4.69) is 20.5 Å². The van der Waals surface area contributed by atoms with Crippen molar-refractivity contribution in [2.45, 2.75) is 6.92 Å². The van der Waals surface area contributed by atoms with E-state index in [1.807, 2.05) is 6.92 Å². The summed E-state index contributed by atoms with van der Waals surface area (Å²) in [4.78, 5) is 28.1. The fraction of sp³-hybridized carbons (Fsp3) is 0.0667. The van der Waals surface area contributed by atoms with Gasteiger partial charge in [0.15, 0.2) is 5.69 Å². The zero-order valence-corrected chi connectivity index (χ0v) is 11.3. The van der Waals surface area contributed by atoms with Gasteiger partial charge >= 0.3 is 0 Å². The molecule has 0 bridgehead atoms.